The summed E-state index contributed by atoms with van der Waals surface area (Å²) in [7, 11) is 0. The molecule has 1 N–H and O–H groups in total. The van der Waals surface area contributed by atoms with Gasteiger partial charge in [-0.05, 0) is 11.8 Å². The molecule has 5 heteroatoms. The van der Waals surface area contributed by atoms with Crippen molar-refractivity contribution in [3.63, 3.8) is 0 Å². The van der Waals surface area contributed by atoms with E-state index in [-0.39, 0.29) is 17.0 Å². The van der Waals surface area contributed by atoms with Crippen LogP contribution in [0.5, 0.6) is 0 Å². The molecule has 0 radical (unpaired) electrons. The second-order valence-electron chi connectivity index (χ2n) is 7.20. The molecule has 0 aromatic heterocycles. The van der Waals surface area contributed by atoms with E-state index in [4.69, 9.17) is 0 Å². The van der Waals surface area contributed by atoms with Crippen LogP contribution in [-0.4, -0.2) is 61.4 Å². The maximum Gasteiger partial charge on any atom is 0.149 e. The molecule has 0 aromatic carbocycles. The lowest BCUT2D eigenvalue weighted by molar-refractivity contribution is -0.136. The lowest BCUT2D eigenvalue weighted by Gasteiger charge is -2.32. The van der Waals surface area contributed by atoms with Crippen molar-refractivity contribution in [1.29, 1.82) is 0 Å². The fourth-order valence-corrected chi connectivity index (χ4v) is 3.44. The molecule has 0 spiro atoms. The summed E-state index contributed by atoms with van der Waals surface area (Å²) in [5, 5.41) is 3.33. The first-order valence-electron chi connectivity index (χ1n) is 8.44. The van der Waals surface area contributed by atoms with Crippen LogP contribution in [0.2, 0.25) is 0 Å². The maximum absolute atomic E-state index is 12.4. The summed E-state index contributed by atoms with van der Waals surface area (Å²) in [6.07, 6.45) is 1.66. The lowest BCUT2D eigenvalue weighted by atomic mass is 9.70. The van der Waals surface area contributed by atoms with Gasteiger partial charge in [0, 0.05) is 51.3 Å². The van der Waals surface area contributed by atoms with Crippen LogP contribution in [0, 0.1) is 11.3 Å². The van der Waals surface area contributed by atoms with E-state index in [0.717, 1.165) is 38.4 Å². The molecule has 0 bridgehead atoms. The number of rotatable bonds is 5. The SMILES string of the molecule is CCC(=NCCN1CCNCC1)C1C(=O)CC(C)(C)CC1=O. The van der Waals surface area contributed by atoms with Gasteiger partial charge in [-0.2, -0.15) is 0 Å². The van der Waals surface area contributed by atoms with Gasteiger partial charge in [0.15, 0.2) is 0 Å². The van der Waals surface area contributed by atoms with Gasteiger partial charge in [0.25, 0.3) is 0 Å². The van der Waals surface area contributed by atoms with Gasteiger partial charge < -0.3 is 5.32 Å². The minimum Gasteiger partial charge on any atom is -0.314 e. The molecular formula is C17H29N3O2. The van der Waals surface area contributed by atoms with Gasteiger partial charge in [-0.3, -0.25) is 19.5 Å². The molecule has 1 aliphatic carbocycles. The molecule has 0 atom stereocenters. The number of Topliss-reactive ketones (excluding diaryl/α,β-unsaturated/α-hetero) is 2. The minimum absolute atomic E-state index is 0.0593. The van der Waals surface area contributed by atoms with Crippen LogP contribution in [0.4, 0.5) is 0 Å². The second-order valence-corrected chi connectivity index (χ2v) is 7.20. The van der Waals surface area contributed by atoms with Crippen molar-refractivity contribution in [3.8, 4) is 0 Å². The summed E-state index contributed by atoms with van der Waals surface area (Å²) in [5.74, 6) is -0.450. The van der Waals surface area contributed by atoms with Gasteiger partial charge in [-0.15, -0.1) is 0 Å². The number of ketones is 2. The highest BCUT2D eigenvalue weighted by Gasteiger charge is 2.41. The van der Waals surface area contributed by atoms with Gasteiger partial charge >= 0.3 is 0 Å². The van der Waals surface area contributed by atoms with E-state index in [9.17, 15) is 9.59 Å². The summed E-state index contributed by atoms with van der Waals surface area (Å²) >= 11 is 0. The van der Waals surface area contributed by atoms with E-state index in [1.54, 1.807) is 0 Å². The van der Waals surface area contributed by atoms with Gasteiger partial charge in [-0.1, -0.05) is 20.8 Å². The number of aliphatic imine (C=N–C) groups is 1. The molecule has 2 rings (SSSR count). The summed E-state index contributed by atoms with van der Waals surface area (Å²) in [5.41, 5.74) is 0.602. The summed E-state index contributed by atoms with van der Waals surface area (Å²) < 4.78 is 0. The molecule has 0 amide bonds. The zero-order valence-corrected chi connectivity index (χ0v) is 14.2. The minimum atomic E-state index is -0.568. The van der Waals surface area contributed by atoms with E-state index >= 15 is 0 Å². The average molecular weight is 307 g/mol. The first-order chi connectivity index (χ1) is 10.4. The van der Waals surface area contributed by atoms with Gasteiger partial charge in [0.2, 0.25) is 0 Å². The van der Waals surface area contributed by atoms with Crippen molar-refractivity contribution in [2.24, 2.45) is 16.3 Å². The van der Waals surface area contributed by atoms with E-state index in [1.807, 2.05) is 20.8 Å². The Balaban J connectivity index is 1.96. The Kier molecular flexibility index (Phi) is 5.87. The highest BCUT2D eigenvalue weighted by molar-refractivity contribution is 6.22. The number of hydrogen-bond acceptors (Lipinski definition) is 5. The zero-order valence-electron chi connectivity index (χ0n) is 14.2. The van der Waals surface area contributed by atoms with Crippen LogP contribution >= 0.6 is 0 Å². The third-order valence-corrected chi connectivity index (χ3v) is 4.59. The Labute approximate surface area is 133 Å². The van der Waals surface area contributed by atoms with Crippen molar-refractivity contribution in [3.05, 3.63) is 0 Å². The van der Waals surface area contributed by atoms with Gasteiger partial charge in [-0.25, -0.2) is 0 Å². The quantitative estimate of drug-likeness (QED) is 0.614. The van der Waals surface area contributed by atoms with Gasteiger partial charge in [0.05, 0.1) is 6.54 Å². The Morgan fingerprint density at radius 2 is 1.82 bits per heavy atom. The molecule has 1 heterocycles. The maximum atomic E-state index is 12.4. The topological polar surface area (TPSA) is 61.8 Å². The monoisotopic (exact) mass is 307 g/mol. The van der Waals surface area contributed by atoms with Crippen molar-refractivity contribution in [2.45, 2.75) is 40.0 Å². The standard InChI is InChI=1S/C17H29N3O2/c1-4-13(19-7-10-20-8-5-18-6-9-20)16-14(21)11-17(2,3)12-15(16)22/h16,18H,4-12H2,1-3H3. The summed E-state index contributed by atoms with van der Waals surface area (Å²) in [6, 6.07) is 0. The molecule has 0 unspecified atom stereocenters. The fraction of sp³-hybridized carbons (Fsp3) is 0.824. The van der Waals surface area contributed by atoms with E-state index in [2.05, 4.69) is 15.2 Å². The number of nitrogens with one attached hydrogen (secondary N) is 1. The van der Waals surface area contributed by atoms with E-state index < -0.39 is 5.92 Å². The van der Waals surface area contributed by atoms with Crippen LogP contribution in [-0.2, 0) is 9.59 Å². The van der Waals surface area contributed by atoms with Crippen LogP contribution in [0.25, 0.3) is 0 Å². The first kappa shape index (κ1) is 17.3. The van der Waals surface area contributed by atoms with Crippen LogP contribution in [0.15, 0.2) is 4.99 Å². The number of piperazine rings is 1. The van der Waals surface area contributed by atoms with Gasteiger partial charge in [0.1, 0.15) is 17.5 Å². The number of nitrogens with zero attached hydrogens (tertiary/aromatic N) is 2. The molecule has 1 saturated heterocycles. The predicted molar refractivity (Wildman–Crippen MR) is 88.4 cm³/mol. The largest absolute Gasteiger partial charge is 0.314 e. The molecule has 5 nitrogen and oxygen atoms in total. The molecule has 124 valence electrons. The highest BCUT2D eigenvalue weighted by atomic mass is 16.2. The summed E-state index contributed by atoms with van der Waals surface area (Å²) in [6.45, 7) is 11.7. The Bertz CT molecular complexity index is 431. The molecule has 22 heavy (non-hydrogen) atoms. The predicted octanol–water partition coefficient (Wildman–Crippen LogP) is 1.32. The first-order valence-corrected chi connectivity index (χ1v) is 8.44. The fourth-order valence-electron chi connectivity index (χ4n) is 3.44. The Morgan fingerprint density at radius 1 is 1.23 bits per heavy atom. The third kappa shape index (κ3) is 4.46. The van der Waals surface area contributed by atoms with Crippen molar-refractivity contribution >= 4 is 17.3 Å². The molecule has 2 aliphatic rings. The number of hydrogen-bond donors (Lipinski definition) is 1. The Morgan fingerprint density at radius 3 is 2.36 bits per heavy atom. The molecule has 2 fully saturated rings. The van der Waals surface area contributed by atoms with Crippen LogP contribution < -0.4 is 5.32 Å². The van der Waals surface area contributed by atoms with Crippen LogP contribution in [0.3, 0.4) is 0 Å². The smallest absolute Gasteiger partial charge is 0.149 e. The third-order valence-electron chi connectivity index (χ3n) is 4.59. The zero-order chi connectivity index (χ0) is 16.2. The van der Waals surface area contributed by atoms with Crippen LogP contribution in [0.1, 0.15) is 40.0 Å². The normalized spacial score (nSPS) is 24.8. The average Bonchev–Trinajstić information content (AvgIpc) is 2.44. The molecular weight excluding hydrogens is 278 g/mol. The number of carbonyl (C=O) groups excluding carboxylic acids is 2. The van der Waals surface area contributed by atoms with Crippen molar-refractivity contribution in [1.82, 2.24) is 10.2 Å². The highest BCUT2D eigenvalue weighted by Crippen LogP contribution is 2.34. The van der Waals surface area contributed by atoms with E-state index in [0.29, 0.717) is 25.8 Å². The second kappa shape index (κ2) is 7.47. The molecule has 0 aromatic rings. The summed E-state index contributed by atoms with van der Waals surface area (Å²) in [4.78, 5) is 31.7. The van der Waals surface area contributed by atoms with Crippen molar-refractivity contribution < 1.29 is 9.59 Å². The number of carbonyl (C=O) groups is 2. The van der Waals surface area contributed by atoms with Crippen molar-refractivity contribution in [2.75, 3.05) is 39.3 Å². The van der Waals surface area contributed by atoms with E-state index in [1.165, 1.54) is 0 Å². The Hall–Kier alpha value is -1.07. The lowest BCUT2D eigenvalue weighted by Crippen LogP contribution is -2.44. The molecule has 1 aliphatic heterocycles. The molecule has 1 saturated carbocycles.